The van der Waals surface area contributed by atoms with Gasteiger partial charge in [0.15, 0.2) is 0 Å². The number of carbonyl (C=O) groups is 1. The van der Waals surface area contributed by atoms with E-state index in [2.05, 4.69) is 22.0 Å². The molecule has 0 spiro atoms. The van der Waals surface area contributed by atoms with Crippen LogP contribution in [-0.4, -0.2) is 74.2 Å². The highest BCUT2D eigenvalue weighted by Gasteiger charge is 2.41. The molecule has 1 aromatic rings. The molecule has 5 nitrogen and oxygen atoms in total. The molecule has 3 rings (SSSR count). The Bertz CT molecular complexity index is 642. The van der Waals surface area contributed by atoms with Crippen LogP contribution < -0.4 is 10.2 Å². The number of rotatable bonds is 5. The van der Waals surface area contributed by atoms with E-state index >= 15 is 0 Å². The largest absolute Gasteiger partial charge is 0.393 e. The number of carbonyl (C=O) groups excluding carboxylic acids is 1. The lowest BCUT2D eigenvalue weighted by atomic mass is 9.97. The molecule has 156 valence electrons. The minimum absolute atomic E-state index is 0.00664. The van der Waals surface area contributed by atoms with Crippen molar-refractivity contribution in [2.45, 2.75) is 25.9 Å². The Kier molecular flexibility index (Phi) is 6.82. The van der Waals surface area contributed by atoms with Crippen molar-refractivity contribution in [3.63, 3.8) is 0 Å². The van der Waals surface area contributed by atoms with E-state index in [1.54, 1.807) is 4.90 Å². The van der Waals surface area contributed by atoms with E-state index in [4.69, 9.17) is 0 Å². The number of piperazine rings is 1. The van der Waals surface area contributed by atoms with Crippen LogP contribution in [0.1, 0.15) is 19.8 Å². The first-order valence-electron chi connectivity index (χ1n) is 10.0. The molecule has 0 unspecified atom stereocenters. The van der Waals surface area contributed by atoms with Crippen molar-refractivity contribution in [2.75, 3.05) is 62.6 Å². The van der Waals surface area contributed by atoms with Gasteiger partial charge >= 0.3 is 6.18 Å². The number of hydrogen-bond donors (Lipinski definition) is 1. The van der Waals surface area contributed by atoms with Crippen LogP contribution in [0.2, 0.25) is 0 Å². The summed E-state index contributed by atoms with van der Waals surface area (Å²) in [6.45, 7) is 7.71. The molecule has 0 saturated carbocycles. The quantitative estimate of drug-likeness (QED) is 0.828. The number of hydrogen-bond acceptors (Lipinski definition) is 4. The predicted molar refractivity (Wildman–Crippen MR) is 105 cm³/mol. The van der Waals surface area contributed by atoms with Crippen LogP contribution in [-0.2, 0) is 4.79 Å². The Balaban J connectivity index is 1.48. The Hall–Kier alpha value is -1.80. The van der Waals surface area contributed by atoms with Crippen molar-refractivity contribution in [3.8, 4) is 0 Å². The molecule has 0 bridgehead atoms. The van der Waals surface area contributed by atoms with Crippen LogP contribution in [0.4, 0.5) is 24.5 Å². The molecule has 0 radical (unpaired) electrons. The van der Waals surface area contributed by atoms with E-state index in [-0.39, 0.29) is 25.4 Å². The number of likely N-dealkylation sites (N-methyl/N-ethyl adjacent to an activating group) is 1. The Morgan fingerprint density at radius 1 is 1.07 bits per heavy atom. The molecular weight excluding hydrogens is 369 g/mol. The first-order valence-corrected chi connectivity index (χ1v) is 10.0. The SMILES string of the molecule is CCN1CCN(c2ccc(NC(=O)CN3CCC[C@@H](C(F)(F)F)C3)cc2)CC1. The van der Waals surface area contributed by atoms with Gasteiger partial charge in [0.1, 0.15) is 0 Å². The van der Waals surface area contributed by atoms with Gasteiger partial charge in [0, 0.05) is 44.1 Å². The van der Waals surface area contributed by atoms with Crippen LogP contribution in [0.15, 0.2) is 24.3 Å². The van der Waals surface area contributed by atoms with Gasteiger partial charge in [-0.1, -0.05) is 6.92 Å². The van der Waals surface area contributed by atoms with Gasteiger partial charge in [0.2, 0.25) is 5.91 Å². The molecule has 2 saturated heterocycles. The number of likely N-dealkylation sites (tertiary alicyclic amines) is 1. The molecule has 0 aromatic heterocycles. The molecule has 0 aliphatic carbocycles. The van der Waals surface area contributed by atoms with Gasteiger partial charge in [0.05, 0.1) is 12.5 Å². The number of nitrogens with one attached hydrogen (secondary N) is 1. The highest BCUT2D eigenvalue weighted by atomic mass is 19.4. The predicted octanol–water partition coefficient (Wildman–Crippen LogP) is 3.04. The summed E-state index contributed by atoms with van der Waals surface area (Å²) < 4.78 is 38.7. The molecule has 2 heterocycles. The smallest absolute Gasteiger partial charge is 0.369 e. The number of anilines is 2. The summed E-state index contributed by atoms with van der Waals surface area (Å²) >= 11 is 0. The van der Waals surface area contributed by atoms with E-state index < -0.39 is 12.1 Å². The molecular formula is C20H29F3N4O. The summed E-state index contributed by atoms with van der Waals surface area (Å²) in [6.07, 6.45) is -3.57. The van der Waals surface area contributed by atoms with Gasteiger partial charge in [0.25, 0.3) is 0 Å². The molecule has 28 heavy (non-hydrogen) atoms. The fraction of sp³-hybridized carbons (Fsp3) is 0.650. The lowest BCUT2D eigenvalue weighted by Gasteiger charge is -2.35. The van der Waals surface area contributed by atoms with Crippen molar-refractivity contribution in [2.24, 2.45) is 5.92 Å². The standard InChI is InChI=1S/C20H29F3N4O/c1-2-25-10-12-27(13-11-25)18-7-5-17(6-8-18)24-19(28)15-26-9-3-4-16(14-26)20(21,22)23/h5-8,16H,2-4,9-15H2,1H3,(H,24,28)/t16-/m1/s1. The molecule has 2 fully saturated rings. The molecule has 1 amide bonds. The topological polar surface area (TPSA) is 38.8 Å². The third kappa shape index (κ3) is 5.61. The Morgan fingerprint density at radius 2 is 1.75 bits per heavy atom. The maximum atomic E-state index is 12.9. The lowest BCUT2D eigenvalue weighted by Crippen LogP contribution is -2.46. The van der Waals surface area contributed by atoms with E-state index in [0.717, 1.165) is 38.4 Å². The number of benzene rings is 1. The van der Waals surface area contributed by atoms with Crippen molar-refractivity contribution < 1.29 is 18.0 Å². The third-order valence-electron chi connectivity index (χ3n) is 5.67. The van der Waals surface area contributed by atoms with E-state index in [0.29, 0.717) is 18.7 Å². The fourth-order valence-electron chi connectivity index (χ4n) is 3.95. The number of alkyl halides is 3. The second kappa shape index (κ2) is 9.13. The molecule has 2 aliphatic heterocycles. The van der Waals surface area contributed by atoms with E-state index in [1.165, 1.54) is 0 Å². The first kappa shape index (κ1) is 20.9. The summed E-state index contributed by atoms with van der Waals surface area (Å²) in [5.74, 6) is -1.60. The molecule has 1 N–H and O–H groups in total. The summed E-state index contributed by atoms with van der Waals surface area (Å²) in [7, 11) is 0. The van der Waals surface area contributed by atoms with Crippen LogP contribution >= 0.6 is 0 Å². The fourth-order valence-corrected chi connectivity index (χ4v) is 3.95. The van der Waals surface area contributed by atoms with E-state index in [1.807, 2.05) is 24.3 Å². The minimum Gasteiger partial charge on any atom is -0.369 e. The lowest BCUT2D eigenvalue weighted by molar-refractivity contribution is -0.186. The molecule has 1 atom stereocenters. The summed E-state index contributed by atoms with van der Waals surface area (Å²) in [5.41, 5.74) is 1.79. The number of piperidine rings is 1. The average Bonchev–Trinajstić information content (AvgIpc) is 2.68. The van der Waals surface area contributed by atoms with E-state index in [9.17, 15) is 18.0 Å². The van der Waals surface area contributed by atoms with Gasteiger partial charge in [-0.25, -0.2) is 0 Å². The summed E-state index contributed by atoms with van der Waals surface area (Å²) in [6, 6.07) is 7.68. The van der Waals surface area contributed by atoms with Crippen LogP contribution in [0.3, 0.4) is 0 Å². The van der Waals surface area contributed by atoms with Crippen LogP contribution in [0, 0.1) is 5.92 Å². The van der Waals surface area contributed by atoms with Gasteiger partial charge in [-0.2, -0.15) is 13.2 Å². The number of halogens is 3. The number of nitrogens with zero attached hydrogens (tertiary/aromatic N) is 3. The van der Waals surface area contributed by atoms with Gasteiger partial charge < -0.3 is 15.1 Å². The summed E-state index contributed by atoms with van der Waals surface area (Å²) in [4.78, 5) is 18.6. The second-order valence-electron chi connectivity index (χ2n) is 7.63. The van der Waals surface area contributed by atoms with Gasteiger partial charge in [-0.3, -0.25) is 9.69 Å². The molecule has 1 aromatic carbocycles. The zero-order valence-corrected chi connectivity index (χ0v) is 16.3. The number of amides is 1. The van der Waals surface area contributed by atoms with Crippen LogP contribution in [0.5, 0.6) is 0 Å². The summed E-state index contributed by atoms with van der Waals surface area (Å²) in [5, 5.41) is 2.80. The van der Waals surface area contributed by atoms with Crippen molar-refractivity contribution in [1.29, 1.82) is 0 Å². The maximum absolute atomic E-state index is 12.9. The monoisotopic (exact) mass is 398 g/mol. The van der Waals surface area contributed by atoms with Gasteiger partial charge in [-0.05, 0) is 50.2 Å². The maximum Gasteiger partial charge on any atom is 0.393 e. The Labute approximate surface area is 164 Å². The van der Waals surface area contributed by atoms with Crippen molar-refractivity contribution in [1.82, 2.24) is 9.80 Å². The third-order valence-corrected chi connectivity index (χ3v) is 5.67. The second-order valence-corrected chi connectivity index (χ2v) is 7.63. The minimum atomic E-state index is -4.19. The average molecular weight is 398 g/mol. The zero-order valence-electron chi connectivity index (χ0n) is 16.3. The highest BCUT2D eigenvalue weighted by Crippen LogP contribution is 2.33. The van der Waals surface area contributed by atoms with Crippen molar-refractivity contribution >= 4 is 17.3 Å². The molecule has 8 heteroatoms. The van der Waals surface area contributed by atoms with Crippen molar-refractivity contribution in [3.05, 3.63) is 24.3 Å². The zero-order chi connectivity index (χ0) is 20.1. The highest BCUT2D eigenvalue weighted by molar-refractivity contribution is 5.92. The molecule has 2 aliphatic rings. The normalized spacial score (nSPS) is 22.3. The first-order chi connectivity index (χ1) is 13.3. The van der Waals surface area contributed by atoms with Crippen LogP contribution in [0.25, 0.3) is 0 Å². The Morgan fingerprint density at radius 3 is 2.36 bits per heavy atom. The van der Waals surface area contributed by atoms with Gasteiger partial charge in [-0.15, -0.1) is 0 Å².